The summed E-state index contributed by atoms with van der Waals surface area (Å²) in [6, 6.07) is 0. The van der Waals surface area contributed by atoms with Crippen molar-refractivity contribution in [1.82, 2.24) is 0 Å². The Morgan fingerprint density at radius 1 is 0.800 bits per heavy atom. The van der Waals surface area contributed by atoms with Crippen molar-refractivity contribution >= 4 is 12.3 Å². The van der Waals surface area contributed by atoms with E-state index in [2.05, 4.69) is 0 Å². The topological polar surface area (TPSA) is 126 Å². The molecule has 0 spiro atoms. The molecule has 52 valence electrons. The normalized spacial score (nSPS) is 4.80. The molecular formula is C2MnNaO6. The molecule has 0 unspecified atom stereocenters. The van der Waals surface area contributed by atoms with Crippen LogP contribution in [0.5, 0.6) is 0 Å². The summed E-state index contributed by atoms with van der Waals surface area (Å²) < 4.78 is 0. The summed E-state index contributed by atoms with van der Waals surface area (Å²) in [6.07, 6.45) is -4.67. The Labute approximate surface area is 88.6 Å². The number of carboxylic acid groups (broad SMARTS) is 4. The molecule has 0 saturated carbocycles. The van der Waals surface area contributed by atoms with Gasteiger partial charge in [0.1, 0.15) is 0 Å². The molecule has 10 heavy (non-hydrogen) atoms. The smallest absolute Gasteiger partial charge is 0.652 e. The van der Waals surface area contributed by atoms with Crippen molar-refractivity contribution in [3.05, 3.63) is 0 Å². The third-order valence-electron chi connectivity index (χ3n) is 0. The van der Waals surface area contributed by atoms with Gasteiger partial charge in [-0.05, 0) is 12.3 Å². The van der Waals surface area contributed by atoms with Crippen molar-refractivity contribution in [2.45, 2.75) is 0 Å². The maximum absolute atomic E-state index is 8.33. The molecule has 0 amide bonds. The Bertz CT molecular complexity index is 73.7. The van der Waals surface area contributed by atoms with E-state index in [1.54, 1.807) is 0 Å². The molecule has 0 radical (unpaired) electrons. The largest absolute Gasteiger partial charge is 3.00 e. The second kappa shape index (κ2) is 16.0. The van der Waals surface area contributed by atoms with Crippen LogP contribution in [0.4, 0.5) is 9.59 Å². The molecule has 0 atom stereocenters. The first kappa shape index (κ1) is 22.5. The summed E-state index contributed by atoms with van der Waals surface area (Å²) >= 11 is 0. The third kappa shape index (κ3) is 114000. The van der Waals surface area contributed by atoms with Crippen molar-refractivity contribution in [3.8, 4) is 0 Å². The van der Waals surface area contributed by atoms with Gasteiger partial charge < -0.3 is 30.0 Å². The van der Waals surface area contributed by atoms with Crippen molar-refractivity contribution in [2.24, 2.45) is 0 Å². The molecule has 0 aliphatic rings. The van der Waals surface area contributed by atoms with E-state index in [4.69, 9.17) is 30.0 Å². The zero-order chi connectivity index (χ0) is 7.15. The summed E-state index contributed by atoms with van der Waals surface area (Å²) in [7, 11) is 0. The van der Waals surface area contributed by atoms with Gasteiger partial charge in [0.2, 0.25) is 0 Å². The third-order valence-corrected chi connectivity index (χ3v) is 0. The molecule has 0 N–H and O–H groups in total. The fraction of sp³-hybridized carbons (Fsp3) is 0. The monoisotopic (exact) mass is 198 g/mol. The molecule has 0 fully saturated rings. The SMILES string of the molecule is O=C([O-])[O-].O=C([O-])[O-].[Mn+3].[Na+]. The van der Waals surface area contributed by atoms with Crippen LogP contribution in [0.2, 0.25) is 0 Å². The standard InChI is InChI=1S/2CH2O3.Mn.Na/c2*2-1(3)4;;/h2*(H2,2,3,4);;/q;;+3;+1/p-4. The Morgan fingerprint density at radius 3 is 0.800 bits per heavy atom. The first-order valence-corrected chi connectivity index (χ1v) is 1.22. The number of hydrogen-bond acceptors (Lipinski definition) is 6. The minimum Gasteiger partial charge on any atom is -0.652 e. The van der Waals surface area contributed by atoms with E-state index < -0.39 is 12.3 Å². The average molecular weight is 198 g/mol. The Kier molecular flexibility index (Phi) is 36.0. The van der Waals surface area contributed by atoms with Gasteiger partial charge in [-0.15, -0.1) is 0 Å². The molecule has 0 aromatic rings. The van der Waals surface area contributed by atoms with Gasteiger partial charge in [0.25, 0.3) is 0 Å². The quantitative estimate of drug-likeness (QED) is 0.355. The molecule has 6 nitrogen and oxygen atoms in total. The van der Waals surface area contributed by atoms with Crippen molar-refractivity contribution in [3.63, 3.8) is 0 Å². The molecule has 0 aliphatic heterocycles. The average Bonchev–Trinajstić information content (AvgIpc) is 1.25. The zero-order valence-corrected chi connectivity index (χ0v) is 8.01. The van der Waals surface area contributed by atoms with E-state index in [9.17, 15) is 0 Å². The first-order valence-electron chi connectivity index (χ1n) is 1.22. The second-order valence-corrected chi connectivity index (χ2v) is 0.500. The van der Waals surface area contributed by atoms with E-state index in [1.165, 1.54) is 0 Å². The maximum atomic E-state index is 8.33. The van der Waals surface area contributed by atoms with Crippen LogP contribution >= 0.6 is 0 Å². The number of rotatable bonds is 0. The van der Waals surface area contributed by atoms with Gasteiger partial charge in [-0.1, -0.05) is 0 Å². The van der Waals surface area contributed by atoms with Crippen molar-refractivity contribution in [1.29, 1.82) is 0 Å². The van der Waals surface area contributed by atoms with E-state index in [-0.39, 0.29) is 46.6 Å². The minimum atomic E-state index is -2.33. The Balaban J connectivity index is -0.0000000300. The Morgan fingerprint density at radius 2 is 0.800 bits per heavy atom. The van der Waals surface area contributed by atoms with Crippen LogP contribution in [0, 0.1) is 0 Å². The summed E-state index contributed by atoms with van der Waals surface area (Å²) in [4.78, 5) is 16.7. The predicted molar refractivity (Wildman–Crippen MR) is 10.8 cm³/mol. The molecule has 0 saturated heterocycles. The van der Waals surface area contributed by atoms with Gasteiger partial charge in [-0.3, -0.25) is 0 Å². The van der Waals surface area contributed by atoms with Crippen molar-refractivity contribution < 1.29 is 76.6 Å². The van der Waals surface area contributed by atoms with Gasteiger partial charge in [-0.2, -0.15) is 0 Å². The minimum absolute atomic E-state index is 0. The van der Waals surface area contributed by atoms with Crippen LogP contribution in [0.15, 0.2) is 0 Å². The molecule has 0 aliphatic carbocycles. The van der Waals surface area contributed by atoms with Crippen LogP contribution in [0.1, 0.15) is 0 Å². The summed E-state index contributed by atoms with van der Waals surface area (Å²) in [6.45, 7) is 0. The fourth-order valence-corrected chi connectivity index (χ4v) is 0. The number of hydrogen-bond donors (Lipinski definition) is 0. The molecule has 8 heteroatoms. The van der Waals surface area contributed by atoms with Crippen LogP contribution in [0.25, 0.3) is 0 Å². The maximum Gasteiger partial charge on any atom is 3.00 e. The zero-order valence-electron chi connectivity index (χ0n) is 4.83. The van der Waals surface area contributed by atoms with Gasteiger partial charge >= 0.3 is 46.6 Å². The second-order valence-electron chi connectivity index (χ2n) is 0.500. The number of carbonyl (C=O) groups is 2. The summed E-state index contributed by atoms with van der Waals surface area (Å²) in [5.74, 6) is 0. The van der Waals surface area contributed by atoms with Crippen LogP contribution in [0.3, 0.4) is 0 Å². The first-order chi connectivity index (χ1) is 3.46. The van der Waals surface area contributed by atoms with Crippen LogP contribution in [-0.2, 0) is 17.1 Å². The van der Waals surface area contributed by atoms with E-state index in [1.807, 2.05) is 0 Å². The van der Waals surface area contributed by atoms with Gasteiger partial charge in [0.05, 0.1) is 0 Å². The molecule has 0 heterocycles. The molecule has 0 bridgehead atoms. The van der Waals surface area contributed by atoms with E-state index >= 15 is 0 Å². The fourth-order valence-electron chi connectivity index (χ4n) is 0. The molecular weight excluding hydrogens is 198 g/mol. The van der Waals surface area contributed by atoms with Gasteiger partial charge in [0.15, 0.2) is 0 Å². The molecule has 0 aromatic heterocycles. The van der Waals surface area contributed by atoms with Gasteiger partial charge in [0, 0.05) is 0 Å². The predicted octanol–water partition coefficient (Wildman–Crippen LogP) is -7.89. The van der Waals surface area contributed by atoms with Gasteiger partial charge in [-0.25, -0.2) is 0 Å². The molecule has 0 rings (SSSR count). The van der Waals surface area contributed by atoms with Crippen LogP contribution < -0.4 is 50.0 Å². The van der Waals surface area contributed by atoms with E-state index in [0.717, 1.165) is 0 Å². The van der Waals surface area contributed by atoms with Crippen molar-refractivity contribution in [2.75, 3.05) is 0 Å². The van der Waals surface area contributed by atoms with Crippen LogP contribution in [-0.4, -0.2) is 12.3 Å². The summed E-state index contributed by atoms with van der Waals surface area (Å²) in [5.41, 5.74) is 0. The molecule has 0 aromatic carbocycles. The number of carbonyl (C=O) groups excluding carboxylic acids is 2. The Hall–Kier alpha value is 0.0595. The summed E-state index contributed by atoms with van der Waals surface area (Å²) in [5, 5.41) is 33.3. The van der Waals surface area contributed by atoms with E-state index in [0.29, 0.717) is 0 Å².